The maximum atomic E-state index is 10.2. The average molecular weight is 385 g/mol. The first-order valence-corrected chi connectivity index (χ1v) is 8.33. The van der Waals surface area contributed by atoms with Crippen molar-refractivity contribution in [1.82, 2.24) is 5.06 Å². The molecule has 0 saturated carbocycles. The predicted molar refractivity (Wildman–Crippen MR) is 88.9 cm³/mol. The largest absolute Gasteiger partial charge is 0.396 e. The molecule has 144 valence electrons. The molecule has 1 heterocycles. The van der Waals surface area contributed by atoms with Crippen molar-refractivity contribution in [3.63, 3.8) is 0 Å². The van der Waals surface area contributed by atoms with E-state index >= 15 is 0 Å². The number of aliphatic hydroxyl groups is 3. The molecule has 1 fully saturated rings. The first-order chi connectivity index (χ1) is 11.0. The molecule has 0 atom stereocenters. The van der Waals surface area contributed by atoms with Crippen LogP contribution in [0, 0.1) is 0 Å². The van der Waals surface area contributed by atoms with Gasteiger partial charge in [-0.25, -0.2) is 0 Å². The first kappa shape index (κ1) is 31.5. The van der Waals surface area contributed by atoms with Crippen LogP contribution in [0.15, 0.2) is 0 Å². The predicted octanol–water partition coefficient (Wildman–Crippen LogP) is 1.86. The van der Waals surface area contributed by atoms with E-state index in [-0.39, 0.29) is 39.6 Å². The van der Waals surface area contributed by atoms with Crippen molar-refractivity contribution in [2.75, 3.05) is 19.8 Å². The summed E-state index contributed by atoms with van der Waals surface area (Å²) in [7, 11) is 0. The van der Waals surface area contributed by atoms with E-state index in [4.69, 9.17) is 20.5 Å². The summed E-state index contributed by atoms with van der Waals surface area (Å²) in [5.41, 5.74) is 0. The summed E-state index contributed by atoms with van der Waals surface area (Å²) < 4.78 is 0. The van der Waals surface area contributed by atoms with Crippen LogP contribution in [0.1, 0.15) is 72.1 Å². The Morgan fingerprint density at radius 3 is 1.04 bits per heavy atom. The number of hydroxylamine groups is 2. The molecule has 0 aromatic carbocycles. The van der Waals surface area contributed by atoms with E-state index in [9.17, 15) is 9.59 Å². The Morgan fingerprint density at radius 2 is 1.00 bits per heavy atom. The van der Waals surface area contributed by atoms with Gasteiger partial charge in [0.15, 0.2) is 0 Å². The molecule has 0 aromatic heterocycles. The molecule has 7 nitrogen and oxygen atoms in total. The molecule has 0 bridgehead atoms. The molecule has 0 aliphatic carbocycles. The van der Waals surface area contributed by atoms with E-state index in [2.05, 4.69) is 20.8 Å². The van der Waals surface area contributed by atoms with Crippen LogP contribution in [-0.4, -0.2) is 57.2 Å². The number of hydrogen-bond donors (Lipinski definition) is 4. The van der Waals surface area contributed by atoms with Gasteiger partial charge >= 0.3 is 0 Å². The molecule has 0 unspecified atom stereocenters. The van der Waals surface area contributed by atoms with E-state index in [1.807, 2.05) is 0 Å². The molecular formula is C16H35NO6Ti. The van der Waals surface area contributed by atoms with Gasteiger partial charge in [0, 0.05) is 54.4 Å². The Hall–Kier alpha value is -0.306. The van der Waals surface area contributed by atoms with Crippen LogP contribution in [0.25, 0.3) is 0 Å². The van der Waals surface area contributed by atoms with Gasteiger partial charge in [0.2, 0.25) is 0 Å². The summed E-state index contributed by atoms with van der Waals surface area (Å²) in [6.45, 7) is 7.19. The minimum Gasteiger partial charge on any atom is -0.396 e. The Balaban J connectivity index is -0.000000113. The molecule has 1 rings (SSSR count). The third-order valence-electron chi connectivity index (χ3n) is 2.56. The molecule has 0 aromatic rings. The van der Waals surface area contributed by atoms with Crippen molar-refractivity contribution < 1.29 is 51.8 Å². The number of hydrogen-bond acceptors (Lipinski definition) is 6. The van der Waals surface area contributed by atoms with Gasteiger partial charge in [-0.2, -0.15) is 5.06 Å². The second kappa shape index (κ2) is 27.5. The molecule has 4 N–H and O–H groups in total. The number of imide groups is 1. The molecular weight excluding hydrogens is 350 g/mol. The van der Waals surface area contributed by atoms with E-state index in [1.165, 1.54) is 0 Å². The fourth-order valence-corrected chi connectivity index (χ4v) is 1.04. The Kier molecular flexibility index (Phi) is 36.1. The first-order valence-electron chi connectivity index (χ1n) is 8.33. The normalized spacial score (nSPS) is 12.0. The van der Waals surface area contributed by atoms with E-state index in [0.29, 0.717) is 19.8 Å². The van der Waals surface area contributed by atoms with E-state index < -0.39 is 11.8 Å². The van der Waals surface area contributed by atoms with Gasteiger partial charge < -0.3 is 15.3 Å². The molecule has 0 spiro atoms. The van der Waals surface area contributed by atoms with Crippen molar-refractivity contribution in [2.45, 2.75) is 72.1 Å². The van der Waals surface area contributed by atoms with E-state index in [0.717, 1.165) is 38.5 Å². The number of carbonyl (C=O) groups is 2. The van der Waals surface area contributed by atoms with Crippen LogP contribution in [0.2, 0.25) is 0 Å². The number of nitrogens with zero attached hydrogens (tertiary/aromatic N) is 1. The van der Waals surface area contributed by atoms with E-state index in [1.54, 1.807) is 0 Å². The van der Waals surface area contributed by atoms with Crippen molar-refractivity contribution in [3.05, 3.63) is 0 Å². The Morgan fingerprint density at radius 1 is 0.750 bits per heavy atom. The number of amides is 2. The average Bonchev–Trinajstić information content (AvgIpc) is 2.83. The van der Waals surface area contributed by atoms with Crippen LogP contribution in [0.3, 0.4) is 0 Å². The van der Waals surface area contributed by atoms with Gasteiger partial charge in [0.1, 0.15) is 0 Å². The molecule has 2 amide bonds. The number of rotatable bonds is 6. The number of unbranched alkanes of at least 4 members (excludes halogenated alkanes) is 3. The summed E-state index contributed by atoms with van der Waals surface area (Å²) in [5.74, 6) is -1.01. The van der Waals surface area contributed by atoms with Gasteiger partial charge in [0.25, 0.3) is 11.8 Å². The zero-order valence-electron chi connectivity index (χ0n) is 15.3. The summed E-state index contributed by atoms with van der Waals surface area (Å²) >= 11 is 0. The molecule has 1 saturated heterocycles. The number of aliphatic hydroxyl groups excluding tert-OH is 3. The Bertz CT molecular complexity index is 231. The molecule has 0 radical (unpaired) electrons. The van der Waals surface area contributed by atoms with Gasteiger partial charge in [-0.05, 0) is 19.3 Å². The van der Waals surface area contributed by atoms with Crippen LogP contribution >= 0.6 is 0 Å². The SMILES string of the molecule is CCCCO.CCCCO.CCCCO.O=C1CCC(=O)N1O.[Ti]. The minimum absolute atomic E-state index is 0. The maximum Gasteiger partial charge on any atom is 0.253 e. The summed E-state index contributed by atoms with van der Waals surface area (Å²) in [4.78, 5) is 20.5. The minimum atomic E-state index is -0.505. The van der Waals surface area contributed by atoms with Gasteiger partial charge in [-0.1, -0.05) is 40.0 Å². The summed E-state index contributed by atoms with van der Waals surface area (Å²) in [6, 6.07) is 0. The van der Waals surface area contributed by atoms with Gasteiger partial charge in [-0.15, -0.1) is 0 Å². The quantitative estimate of drug-likeness (QED) is 0.315. The zero-order valence-corrected chi connectivity index (χ0v) is 16.9. The van der Waals surface area contributed by atoms with Crippen molar-refractivity contribution in [3.8, 4) is 0 Å². The van der Waals surface area contributed by atoms with Crippen LogP contribution < -0.4 is 0 Å². The molecule has 1 aliphatic rings. The second-order valence-corrected chi connectivity index (χ2v) is 4.83. The third-order valence-corrected chi connectivity index (χ3v) is 2.56. The van der Waals surface area contributed by atoms with Gasteiger partial charge in [-0.3, -0.25) is 14.8 Å². The van der Waals surface area contributed by atoms with Crippen molar-refractivity contribution >= 4 is 11.8 Å². The zero-order chi connectivity index (χ0) is 18.5. The molecule has 24 heavy (non-hydrogen) atoms. The molecule has 8 heteroatoms. The topological polar surface area (TPSA) is 118 Å². The van der Waals surface area contributed by atoms with Crippen LogP contribution in [0.4, 0.5) is 0 Å². The van der Waals surface area contributed by atoms with Crippen LogP contribution in [-0.2, 0) is 31.3 Å². The number of carbonyl (C=O) groups excluding carboxylic acids is 2. The monoisotopic (exact) mass is 385 g/mol. The van der Waals surface area contributed by atoms with Gasteiger partial charge in [0.05, 0.1) is 0 Å². The fraction of sp³-hybridized carbons (Fsp3) is 0.875. The van der Waals surface area contributed by atoms with Crippen molar-refractivity contribution in [1.29, 1.82) is 0 Å². The smallest absolute Gasteiger partial charge is 0.253 e. The fourth-order valence-electron chi connectivity index (χ4n) is 1.04. The Labute approximate surface area is 160 Å². The third kappa shape index (κ3) is 26.6. The molecule has 1 aliphatic heterocycles. The standard InChI is InChI=1S/C4H5NO3.3C4H10O.Ti/c6-3-1-2-4(7)5(3)8;3*1-2-3-4-5;/h8H,1-2H2;3*5H,2-4H2,1H3;. The summed E-state index contributed by atoms with van der Waals surface area (Å²) in [5, 5.41) is 32.8. The van der Waals surface area contributed by atoms with Crippen LogP contribution in [0.5, 0.6) is 0 Å². The second-order valence-electron chi connectivity index (χ2n) is 4.83. The summed E-state index contributed by atoms with van der Waals surface area (Å²) in [6.07, 6.45) is 6.41. The van der Waals surface area contributed by atoms with Crippen molar-refractivity contribution in [2.24, 2.45) is 0 Å². The maximum absolute atomic E-state index is 10.2.